The predicted octanol–water partition coefficient (Wildman–Crippen LogP) is -0.311. The van der Waals surface area contributed by atoms with Crippen LogP contribution in [0, 0.1) is 0 Å². The van der Waals surface area contributed by atoms with Crippen LogP contribution in [0.1, 0.15) is 19.5 Å². The van der Waals surface area contributed by atoms with Gasteiger partial charge in [0.2, 0.25) is 5.60 Å². The highest BCUT2D eigenvalue weighted by Crippen LogP contribution is 2.40. The molecule has 1 fully saturated rings. The van der Waals surface area contributed by atoms with Crippen LogP contribution in [0.4, 0.5) is 5.13 Å². The summed E-state index contributed by atoms with van der Waals surface area (Å²) >= 11 is 2.40. The number of amides is 3. The van der Waals surface area contributed by atoms with Gasteiger partial charge in [-0.1, -0.05) is 11.2 Å². The maximum atomic E-state index is 13.3. The van der Waals surface area contributed by atoms with Crippen molar-refractivity contribution >= 4 is 63.3 Å². The average molecular weight is 586 g/mol. The lowest BCUT2D eigenvalue weighted by Crippen LogP contribution is -2.71. The summed E-state index contributed by atoms with van der Waals surface area (Å²) in [6, 6.07) is 4.65. The molecular formula is C24H25N8O6S2+. The van der Waals surface area contributed by atoms with Crippen LogP contribution in [0.2, 0.25) is 0 Å². The molecule has 14 nitrogen and oxygen atoms in total. The molecule has 1 saturated heterocycles. The lowest BCUT2D eigenvalue weighted by Gasteiger charge is -2.49. The van der Waals surface area contributed by atoms with Crippen LogP contribution in [0.5, 0.6) is 0 Å². The quantitative estimate of drug-likeness (QED) is 0.113. The van der Waals surface area contributed by atoms with Gasteiger partial charge in [-0.2, -0.15) is 0 Å². The summed E-state index contributed by atoms with van der Waals surface area (Å²) in [6.45, 7) is 3.03. The maximum Gasteiger partial charge on any atom is 0.352 e. The van der Waals surface area contributed by atoms with E-state index in [1.807, 2.05) is 45.8 Å². The van der Waals surface area contributed by atoms with Crippen molar-refractivity contribution in [3.8, 4) is 0 Å². The molecule has 2 aliphatic heterocycles. The van der Waals surface area contributed by atoms with Gasteiger partial charge in [0, 0.05) is 22.8 Å². The van der Waals surface area contributed by atoms with Crippen molar-refractivity contribution in [1.82, 2.24) is 19.6 Å². The van der Waals surface area contributed by atoms with Crippen LogP contribution in [0.3, 0.4) is 0 Å². The number of carbonyl (C=O) groups excluding carboxylic acids is 3. The first kappa shape index (κ1) is 27.1. The summed E-state index contributed by atoms with van der Waals surface area (Å²) in [6.07, 6.45) is 5.58. The second-order valence-corrected chi connectivity index (χ2v) is 11.5. The topological polar surface area (TPSA) is 199 Å². The zero-order chi connectivity index (χ0) is 28.8. The number of thiazole rings is 1. The number of hydrogen-bond acceptors (Lipinski definition) is 10. The molecule has 0 bridgehead atoms. The van der Waals surface area contributed by atoms with E-state index in [2.05, 4.69) is 15.5 Å². The number of β-lactam (4-membered cyclic amide) rings is 1. The summed E-state index contributed by atoms with van der Waals surface area (Å²) in [4.78, 5) is 60.9. The van der Waals surface area contributed by atoms with Crippen LogP contribution in [0.25, 0.3) is 5.65 Å². The van der Waals surface area contributed by atoms with E-state index in [1.165, 1.54) is 35.9 Å². The highest BCUT2D eigenvalue weighted by molar-refractivity contribution is 8.00. The van der Waals surface area contributed by atoms with Crippen molar-refractivity contribution in [3.63, 3.8) is 0 Å². The molecular weight excluding hydrogens is 560 g/mol. The average Bonchev–Trinajstić information content (AvgIpc) is 3.53. The third-order valence-corrected chi connectivity index (χ3v) is 8.42. The van der Waals surface area contributed by atoms with Crippen molar-refractivity contribution in [1.29, 1.82) is 0 Å². The Hall–Kier alpha value is -4.44. The molecule has 0 spiro atoms. The number of thioether (sulfide) groups is 1. The number of primary amides is 1. The zero-order valence-corrected chi connectivity index (χ0v) is 22.9. The second kappa shape index (κ2) is 10.3. The van der Waals surface area contributed by atoms with Gasteiger partial charge in [0.1, 0.15) is 41.7 Å². The molecule has 0 unspecified atom stereocenters. The van der Waals surface area contributed by atoms with E-state index in [0.717, 1.165) is 17.0 Å². The van der Waals surface area contributed by atoms with E-state index in [9.17, 15) is 24.3 Å². The molecule has 2 aliphatic rings. The molecule has 16 heteroatoms. The first-order valence-electron chi connectivity index (χ1n) is 11.9. The number of nitrogens with two attached hydrogens (primary N) is 2. The number of oxime groups is 1. The van der Waals surface area contributed by atoms with E-state index < -0.39 is 40.7 Å². The number of aromatic nitrogens is 3. The van der Waals surface area contributed by atoms with Crippen molar-refractivity contribution in [3.05, 3.63) is 59.1 Å². The molecule has 0 saturated carbocycles. The van der Waals surface area contributed by atoms with Gasteiger partial charge in [0.15, 0.2) is 10.8 Å². The fraction of sp³-hybridized carbons (Fsp3) is 0.292. The first-order valence-corrected chi connectivity index (χ1v) is 13.8. The zero-order valence-electron chi connectivity index (χ0n) is 21.3. The van der Waals surface area contributed by atoms with Crippen molar-refractivity contribution in [2.24, 2.45) is 10.9 Å². The van der Waals surface area contributed by atoms with Gasteiger partial charge in [-0.15, -0.1) is 23.1 Å². The highest BCUT2D eigenvalue weighted by atomic mass is 32.2. The fourth-order valence-electron chi connectivity index (χ4n) is 4.20. The molecule has 5 heterocycles. The molecule has 0 aromatic carbocycles. The van der Waals surface area contributed by atoms with Gasteiger partial charge in [0.05, 0.1) is 6.20 Å². The number of carbonyl (C=O) groups is 4. The smallest absolute Gasteiger partial charge is 0.352 e. The Morgan fingerprint density at radius 3 is 2.77 bits per heavy atom. The Labute approximate surface area is 235 Å². The highest BCUT2D eigenvalue weighted by Gasteiger charge is 2.54. The van der Waals surface area contributed by atoms with E-state index in [1.54, 1.807) is 0 Å². The number of nitrogens with zero attached hydrogens (tertiary/aromatic N) is 5. The van der Waals surface area contributed by atoms with Crippen LogP contribution < -0.4 is 21.4 Å². The number of aliphatic carboxylic acids is 1. The molecule has 2 atom stereocenters. The number of hydrogen-bond donors (Lipinski definition) is 4. The van der Waals surface area contributed by atoms with Crippen LogP contribution >= 0.6 is 23.1 Å². The van der Waals surface area contributed by atoms with Crippen LogP contribution in [-0.2, 0) is 30.6 Å². The summed E-state index contributed by atoms with van der Waals surface area (Å²) in [5.41, 5.74) is 10.6. The number of nitrogen functional groups attached to an aromatic ring is 1. The van der Waals surface area contributed by atoms with Gasteiger partial charge >= 0.3 is 5.97 Å². The Balaban J connectivity index is 1.37. The maximum absolute atomic E-state index is 13.3. The number of imidazole rings is 1. The van der Waals surface area contributed by atoms with Crippen LogP contribution in [0.15, 0.2) is 58.6 Å². The molecule has 40 heavy (non-hydrogen) atoms. The molecule has 0 radical (unpaired) electrons. The number of nitrogens with one attached hydrogen (secondary N) is 1. The monoisotopic (exact) mass is 585 g/mol. The minimum absolute atomic E-state index is 0.0745. The third-order valence-electron chi connectivity index (χ3n) is 6.40. The number of carboxylic acids is 1. The van der Waals surface area contributed by atoms with Crippen molar-refractivity contribution in [2.75, 3.05) is 11.5 Å². The molecule has 3 amide bonds. The molecule has 0 aliphatic carbocycles. The second-order valence-electron chi connectivity index (χ2n) is 9.49. The summed E-state index contributed by atoms with van der Waals surface area (Å²) in [5.74, 6) is -3.11. The minimum atomic E-state index is -1.53. The third kappa shape index (κ3) is 4.86. The number of pyridine rings is 1. The van der Waals surface area contributed by atoms with Crippen molar-refractivity contribution < 1.29 is 33.7 Å². The van der Waals surface area contributed by atoms with E-state index in [4.69, 9.17) is 16.3 Å². The minimum Gasteiger partial charge on any atom is -0.477 e. The number of anilines is 1. The lowest BCUT2D eigenvalue weighted by molar-refractivity contribution is -0.662. The largest absolute Gasteiger partial charge is 0.477 e. The molecule has 3 aromatic rings. The predicted molar refractivity (Wildman–Crippen MR) is 145 cm³/mol. The Morgan fingerprint density at radius 1 is 1.32 bits per heavy atom. The number of rotatable bonds is 9. The Morgan fingerprint density at radius 2 is 2.10 bits per heavy atom. The van der Waals surface area contributed by atoms with Gasteiger partial charge in [-0.3, -0.25) is 19.3 Å². The number of carboxylic acid groups (broad SMARTS) is 1. The van der Waals surface area contributed by atoms with Gasteiger partial charge in [-0.25, -0.2) is 18.7 Å². The molecule has 6 N–H and O–H groups in total. The molecule has 3 aromatic heterocycles. The van der Waals surface area contributed by atoms with Gasteiger partial charge in [0.25, 0.3) is 23.4 Å². The Bertz CT molecular complexity index is 1610. The lowest BCUT2D eigenvalue weighted by atomic mass is 10.0. The van der Waals surface area contributed by atoms with Crippen LogP contribution in [-0.4, -0.2) is 71.6 Å². The van der Waals surface area contributed by atoms with E-state index >= 15 is 0 Å². The summed E-state index contributed by atoms with van der Waals surface area (Å²) in [5, 5.41) is 17.4. The standard InChI is InChI=1S/C24H24N8O6S2/c1-24(2,22(25)37)38-29-15(13-11-40-23(26)27-13)18(33)28-16-19(34)32-17(21(35)36)12(10-39-20(16)32)9-31-8-7-30-6-4-3-5-14(30)31/h3-8,11,16,20H,9-10H2,1-2H3,(H5-,25,26,27,28,33,35,36,37)/p+1/t16-,20+/m1/s1. The SMILES string of the molecule is CC(C)(ON=C(C(=O)N[C@@H]1C(=O)N2C(C(=O)O)=C(C[n+]3ccn4ccccc43)CS[C@@H]12)c1csc(N)n1)C(N)=O. The fourth-order valence-corrected chi connectivity index (χ4v) is 6.09. The Kier molecular flexibility index (Phi) is 6.97. The normalized spacial score (nSPS) is 19.3. The number of fused-ring (bicyclic) bond motifs is 2. The molecule has 208 valence electrons. The summed E-state index contributed by atoms with van der Waals surface area (Å²) < 4.78 is 3.81. The first-order chi connectivity index (χ1) is 19.0. The van der Waals surface area contributed by atoms with E-state index in [0.29, 0.717) is 11.3 Å². The summed E-state index contributed by atoms with van der Waals surface area (Å²) in [7, 11) is 0. The van der Waals surface area contributed by atoms with E-state index in [-0.39, 0.29) is 28.8 Å². The molecule has 5 rings (SSSR count). The van der Waals surface area contributed by atoms with Crippen molar-refractivity contribution in [2.45, 2.75) is 37.4 Å². The van der Waals surface area contributed by atoms with Gasteiger partial charge < -0.3 is 26.7 Å². The van der Waals surface area contributed by atoms with Gasteiger partial charge in [-0.05, 0) is 19.9 Å².